The molecule has 0 aliphatic carbocycles. The van der Waals surface area contributed by atoms with Crippen molar-refractivity contribution in [1.29, 1.82) is 0 Å². The summed E-state index contributed by atoms with van der Waals surface area (Å²) in [5, 5.41) is 18.9. The van der Waals surface area contributed by atoms with Crippen molar-refractivity contribution in [2.45, 2.75) is 4.90 Å². The van der Waals surface area contributed by atoms with Gasteiger partial charge in [0.25, 0.3) is 0 Å². The molecule has 0 aliphatic rings. The van der Waals surface area contributed by atoms with Gasteiger partial charge in [-0.15, -0.1) is 0 Å². The molecule has 2 nitrogen and oxygen atoms in total. The first-order valence-corrected chi connectivity index (χ1v) is 7.96. The molecule has 0 aromatic heterocycles. The van der Waals surface area contributed by atoms with Crippen LogP contribution in [-0.4, -0.2) is 17.5 Å². The zero-order chi connectivity index (χ0) is 19.3. The molecular weight excluding hydrogens is 367 g/mol. The molecule has 0 saturated heterocycles. The number of hydrogen-bond acceptors (Lipinski definition) is 2. The second-order valence-corrected chi connectivity index (χ2v) is 5.86. The molecule has 0 radical (unpaired) electrons. The fourth-order valence-corrected chi connectivity index (χ4v) is 2.75. The van der Waals surface area contributed by atoms with Gasteiger partial charge < -0.3 is 27.5 Å². The van der Waals surface area contributed by atoms with Gasteiger partial charge >= 0.3 is 7.25 Å². The molecule has 2 N–H and O–H groups in total. The van der Waals surface area contributed by atoms with E-state index in [0.717, 1.165) is 27.1 Å². The normalized spacial score (nSPS) is 10.8. The molecule has 0 amide bonds. The second kappa shape index (κ2) is 8.18. The van der Waals surface area contributed by atoms with E-state index >= 15 is 0 Å². The van der Waals surface area contributed by atoms with Gasteiger partial charge in [-0.05, 0) is 59.7 Å². The number of aromatic hydroxyl groups is 2. The Kier molecular flexibility index (Phi) is 6.20. The number of rotatable bonds is 2. The highest BCUT2D eigenvalue weighted by Gasteiger charge is 2.20. The number of hydrogen-bond donors (Lipinski definition) is 2. The van der Waals surface area contributed by atoms with Gasteiger partial charge in [-0.2, -0.15) is 0 Å². The van der Waals surface area contributed by atoms with Crippen LogP contribution in [0.1, 0.15) is 0 Å². The maximum absolute atomic E-state index is 9.75. The summed E-state index contributed by atoms with van der Waals surface area (Å²) in [5.74, 6) is 0.496. The third kappa shape index (κ3) is 5.73. The molecule has 0 unspecified atom stereocenters. The quantitative estimate of drug-likeness (QED) is 0.368. The summed E-state index contributed by atoms with van der Waals surface area (Å²) in [4.78, 5) is 0.978. The van der Waals surface area contributed by atoms with Crippen molar-refractivity contribution >= 4 is 19.9 Å². The van der Waals surface area contributed by atoms with Gasteiger partial charge in [0.2, 0.25) is 0 Å². The van der Waals surface area contributed by atoms with Crippen molar-refractivity contribution in [3.05, 3.63) is 66.7 Å². The zero-order valence-electron chi connectivity index (χ0n) is 13.3. The van der Waals surface area contributed by atoms with E-state index in [2.05, 4.69) is 12.6 Å². The average molecular weight is 382 g/mol. The number of benzene rings is 3. The minimum Gasteiger partial charge on any atom is -0.508 e. The van der Waals surface area contributed by atoms with Crippen LogP contribution in [0.2, 0.25) is 0 Å². The smallest absolute Gasteiger partial charge is 0.508 e. The fourth-order valence-electron chi connectivity index (χ4n) is 2.37. The van der Waals surface area contributed by atoms with Gasteiger partial charge in [0, 0.05) is 5.56 Å². The monoisotopic (exact) mass is 382 g/mol. The van der Waals surface area contributed by atoms with Crippen molar-refractivity contribution in [1.82, 2.24) is 0 Å². The van der Waals surface area contributed by atoms with Gasteiger partial charge in [0.1, 0.15) is 11.5 Å². The van der Waals surface area contributed by atoms with E-state index in [1.807, 2.05) is 42.5 Å². The number of phenols is 2. The Hall–Kier alpha value is -2.61. The molecule has 3 aromatic carbocycles. The Morgan fingerprint density at radius 2 is 1.08 bits per heavy atom. The second-order valence-electron chi connectivity index (χ2n) is 5.32. The van der Waals surface area contributed by atoms with E-state index in [1.165, 1.54) is 0 Å². The number of halogens is 4. The first kappa shape index (κ1) is 19.7. The summed E-state index contributed by atoms with van der Waals surface area (Å²) >= 11 is 3.66. The zero-order valence-corrected chi connectivity index (χ0v) is 14.3. The fraction of sp³-hybridized carbons (Fsp3) is 0. The molecule has 0 spiro atoms. The van der Waals surface area contributed by atoms with Crippen LogP contribution in [0.4, 0.5) is 17.3 Å². The minimum atomic E-state index is -6.00. The van der Waals surface area contributed by atoms with Crippen LogP contribution in [0.5, 0.6) is 11.5 Å². The summed E-state index contributed by atoms with van der Waals surface area (Å²) in [6.45, 7) is 0. The van der Waals surface area contributed by atoms with Crippen molar-refractivity contribution in [3.8, 4) is 33.8 Å². The summed E-state index contributed by atoms with van der Waals surface area (Å²) in [6.07, 6.45) is 0. The highest BCUT2D eigenvalue weighted by molar-refractivity contribution is 7.59. The van der Waals surface area contributed by atoms with Crippen LogP contribution in [0.3, 0.4) is 0 Å². The molecular formula is C18H15BF4O2S. The Morgan fingerprint density at radius 1 is 0.654 bits per heavy atom. The highest BCUT2D eigenvalue weighted by atomic mass is 32.1. The highest BCUT2D eigenvalue weighted by Crippen LogP contribution is 2.36. The predicted molar refractivity (Wildman–Crippen MR) is 99.3 cm³/mol. The lowest BCUT2D eigenvalue weighted by Gasteiger charge is -2.10. The minimum absolute atomic E-state index is 0.247. The summed E-state index contributed by atoms with van der Waals surface area (Å²) < 4.78 is 39.0. The molecule has 0 aliphatic heterocycles. The molecule has 8 heteroatoms. The molecule has 0 atom stereocenters. The van der Waals surface area contributed by atoms with Crippen LogP contribution >= 0.6 is 0 Å². The molecule has 136 valence electrons. The third-order valence-electron chi connectivity index (χ3n) is 3.40. The van der Waals surface area contributed by atoms with Gasteiger partial charge in [0.15, 0.2) is 4.90 Å². The maximum atomic E-state index is 9.75. The van der Waals surface area contributed by atoms with Crippen molar-refractivity contribution in [2.75, 3.05) is 0 Å². The molecule has 0 heterocycles. The maximum Gasteiger partial charge on any atom is 0.673 e. The Bertz CT molecular complexity index is 860. The van der Waals surface area contributed by atoms with E-state index in [4.69, 9.17) is 0 Å². The van der Waals surface area contributed by atoms with Crippen LogP contribution in [0.15, 0.2) is 71.6 Å². The van der Waals surface area contributed by atoms with Crippen LogP contribution < -0.4 is 0 Å². The van der Waals surface area contributed by atoms with Crippen molar-refractivity contribution < 1.29 is 27.5 Å². The Labute approximate surface area is 153 Å². The molecule has 3 rings (SSSR count). The SMILES string of the molecule is F[B-](F)(F)F.Oc1ccc(-c2cccc([SH2+])c2-c2ccc(O)cc2)cc1. The summed E-state index contributed by atoms with van der Waals surface area (Å²) in [6, 6.07) is 20.3. The third-order valence-corrected chi connectivity index (χ3v) is 3.82. The van der Waals surface area contributed by atoms with E-state index in [-0.39, 0.29) is 11.5 Å². The first-order chi connectivity index (χ1) is 12.1. The molecule has 0 bridgehead atoms. The van der Waals surface area contributed by atoms with Crippen LogP contribution in [0, 0.1) is 0 Å². The molecule has 3 aromatic rings. The van der Waals surface area contributed by atoms with Gasteiger partial charge in [-0.25, -0.2) is 0 Å². The lowest BCUT2D eigenvalue weighted by Crippen LogP contribution is -2.02. The Balaban J connectivity index is 0.000000431. The topological polar surface area (TPSA) is 40.5 Å². The summed E-state index contributed by atoms with van der Waals surface area (Å²) in [5.41, 5.74) is 4.16. The molecule has 0 fully saturated rings. The van der Waals surface area contributed by atoms with Gasteiger partial charge in [0.05, 0.1) is 0 Å². The van der Waals surface area contributed by atoms with Crippen LogP contribution in [-0.2, 0) is 12.6 Å². The predicted octanol–water partition coefficient (Wildman–Crippen LogP) is 5.10. The average Bonchev–Trinajstić information content (AvgIpc) is 2.55. The largest absolute Gasteiger partial charge is 0.673 e. The van der Waals surface area contributed by atoms with Gasteiger partial charge in [-0.1, -0.05) is 36.4 Å². The van der Waals surface area contributed by atoms with E-state index in [1.54, 1.807) is 24.3 Å². The first-order valence-electron chi connectivity index (χ1n) is 7.46. The van der Waals surface area contributed by atoms with Crippen molar-refractivity contribution in [2.24, 2.45) is 0 Å². The summed E-state index contributed by atoms with van der Waals surface area (Å²) in [7, 11) is -6.00. The van der Waals surface area contributed by atoms with Crippen molar-refractivity contribution in [3.63, 3.8) is 0 Å². The molecule has 26 heavy (non-hydrogen) atoms. The van der Waals surface area contributed by atoms with E-state index in [9.17, 15) is 27.5 Å². The van der Waals surface area contributed by atoms with Gasteiger partial charge in [-0.3, -0.25) is 0 Å². The van der Waals surface area contributed by atoms with E-state index in [0.29, 0.717) is 0 Å². The standard InChI is InChI=1S/C18H14O2S.BF4/c19-14-8-4-12(5-9-14)16-2-1-3-17(21)18(16)13-6-10-15(20)11-7-13;2-1(3,4)5/h1-11,19-21H;/q;-1/p+1. The number of phenolic OH excluding ortho intramolecular Hbond substituents is 2. The molecule has 0 saturated carbocycles. The van der Waals surface area contributed by atoms with E-state index < -0.39 is 7.25 Å². The lowest BCUT2D eigenvalue weighted by atomic mass is 9.94. The van der Waals surface area contributed by atoms with Crippen LogP contribution in [0.25, 0.3) is 22.3 Å². The lowest BCUT2D eigenvalue weighted by molar-refractivity contribution is 0.368. The Morgan fingerprint density at radius 3 is 1.54 bits per heavy atom.